The van der Waals surface area contributed by atoms with Gasteiger partial charge in [-0.15, -0.1) is 0 Å². The predicted octanol–water partition coefficient (Wildman–Crippen LogP) is 3.42. The third-order valence-electron chi connectivity index (χ3n) is 3.56. The molecule has 0 saturated carbocycles. The summed E-state index contributed by atoms with van der Waals surface area (Å²) in [4.78, 5) is 0. The number of nitrogens with one attached hydrogen (secondary N) is 1. The second kappa shape index (κ2) is 3.38. The van der Waals surface area contributed by atoms with Crippen molar-refractivity contribution in [1.29, 1.82) is 0 Å². The van der Waals surface area contributed by atoms with E-state index in [0.29, 0.717) is 0 Å². The lowest BCUT2D eigenvalue weighted by Crippen LogP contribution is -2.25. The minimum absolute atomic E-state index is 0.109. The number of anilines is 1. The summed E-state index contributed by atoms with van der Waals surface area (Å²) < 4.78 is 0. The quantitative estimate of drug-likeness (QED) is 0.758. The largest absolute Gasteiger partial charge is 0.384 e. The van der Waals surface area contributed by atoms with Gasteiger partial charge in [-0.3, -0.25) is 0 Å². The van der Waals surface area contributed by atoms with Crippen molar-refractivity contribution in [1.82, 2.24) is 0 Å². The first-order valence-corrected chi connectivity index (χ1v) is 5.70. The van der Waals surface area contributed by atoms with Gasteiger partial charge in [0.25, 0.3) is 0 Å². The SMILES string of the molecule is CC1(c2ccccc2)CNc2ccccc21. The Labute approximate surface area is 96.1 Å². The molecule has 1 atom stereocenters. The van der Waals surface area contributed by atoms with E-state index in [1.54, 1.807) is 0 Å². The summed E-state index contributed by atoms with van der Waals surface area (Å²) in [6.45, 7) is 3.29. The Morgan fingerprint density at radius 1 is 0.938 bits per heavy atom. The van der Waals surface area contributed by atoms with Crippen LogP contribution in [0.25, 0.3) is 0 Å². The number of hydrogen-bond donors (Lipinski definition) is 1. The van der Waals surface area contributed by atoms with Crippen molar-refractivity contribution < 1.29 is 0 Å². The topological polar surface area (TPSA) is 12.0 Å². The standard InChI is InChI=1S/C15H15N/c1-15(12-7-3-2-4-8-12)11-16-14-10-6-5-9-13(14)15/h2-10,16H,11H2,1H3. The fourth-order valence-corrected chi connectivity index (χ4v) is 2.55. The van der Waals surface area contributed by atoms with E-state index >= 15 is 0 Å². The van der Waals surface area contributed by atoms with E-state index in [2.05, 4.69) is 66.8 Å². The van der Waals surface area contributed by atoms with Crippen molar-refractivity contribution in [3.63, 3.8) is 0 Å². The molecule has 0 aliphatic carbocycles. The highest BCUT2D eigenvalue weighted by molar-refractivity contribution is 5.63. The van der Waals surface area contributed by atoms with Crippen molar-refractivity contribution in [3.05, 3.63) is 65.7 Å². The summed E-state index contributed by atoms with van der Waals surface area (Å²) in [6.07, 6.45) is 0. The summed E-state index contributed by atoms with van der Waals surface area (Å²) >= 11 is 0. The molecule has 1 heteroatoms. The highest BCUT2D eigenvalue weighted by Crippen LogP contribution is 2.40. The van der Waals surface area contributed by atoms with Crippen LogP contribution in [0.1, 0.15) is 18.1 Å². The molecular weight excluding hydrogens is 194 g/mol. The van der Waals surface area contributed by atoms with Crippen LogP contribution in [-0.2, 0) is 5.41 Å². The smallest absolute Gasteiger partial charge is 0.0382 e. The first-order chi connectivity index (χ1) is 7.81. The van der Waals surface area contributed by atoms with E-state index in [1.165, 1.54) is 16.8 Å². The first-order valence-electron chi connectivity index (χ1n) is 5.70. The number of benzene rings is 2. The molecule has 0 fully saturated rings. The van der Waals surface area contributed by atoms with Crippen LogP contribution < -0.4 is 5.32 Å². The molecule has 1 unspecified atom stereocenters. The van der Waals surface area contributed by atoms with Crippen LogP contribution in [0.15, 0.2) is 54.6 Å². The average molecular weight is 209 g/mol. The van der Waals surface area contributed by atoms with Crippen molar-refractivity contribution in [2.45, 2.75) is 12.3 Å². The van der Waals surface area contributed by atoms with Gasteiger partial charge in [0.1, 0.15) is 0 Å². The number of fused-ring (bicyclic) bond motifs is 1. The molecule has 2 aromatic carbocycles. The minimum Gasteiger partial charge on any atom is -0.384 e. The second-order valence-corrected chi connectivity index (χ2v) is 4.60. The van der Waals surface area contributed by atoms with Crippen molar-refractivity contribution in [3.8, 4) is 0 Å². The van der Waals surface area contributed by atoms with Crippen LogP contribution in [0.2, 0.25) is 0 Å². The van der Waals surface area contributed by atoms with Gasteiger partial charge in [-0.2, -0.15) is 0 Å². The molecule has 16 heavy (non-hydrogen) atoms. The Bertz CT molecular complexity index is 504. The molecule has 1 N–H and O–H groups in total. The summed E-state index contributed by atoms with van der Waals surface area (Å²) in [6, 6.07) is 19.3. The molecule has 1 aliphatic rings. The Morgan fingerprint density at radius 3 is 2.44 bits per heavy atom. The van der Waals surface area contributed by atoms with Gasteiger partial charge >= 0.3 is 0 Å². The van der Waals surface area contributed by atoms with Crippen molar-refractivity contribution >= 4 is 5.69 Å². The molecule has 0 amide bonds. The summed E-state index contributed by atoms with van der Waals surface area (Å²) in [5, 5.41) is 3.49. The molecule has 2 aromatic rings. The molecule has 1 heterocycles. The van der Waals surface area contributed by atoms with Crippen molar-refractivity contribution in [2.24, 2.45) is 0 Å². The molecule has 0 spiro atoms. The van der Waals surface area contributed by atoms with Crippen LogP contribution in [0.4, 0.5) is 5.69 Å². The van der Waals surface area contributed by atoms with Gasteiger partial charge in [0.2, 0.25) is 0 Å². The molecule has 0 saturated heterocycles. The van der Waals surface area contributed by atoms with Crippen LogP contribution >= 0.6 is 0 Å². The molecule has 3 rings (SSSR count). The lowest BCUT2D eigenvalue weighted by atomic mass is 9.78. The Hall–Kier alpha value is -1.76. The molecule has 80 valence electrons. The molecule has 0 aromatic heterocycles. The molecule has 1 nitrogen and oxygen atoms in total. The van der Waals surface area contributed by atoms with Gasteiger partial charge in [-0.05, 0) is 24.1 Å². The summed E-state index contributed by atoms with van der Waals surface area (Å²) in [5.41, 5.74) is 4.17. The van der Waals surface area contributed by atoms with Gasteiger partial charge < -0.3 is 5.32 Å². The minimum atomic E-state index is 0.109. The summed E-state index contributed by atoms with van der Waals surface area (Å²) in [5.74, 6) is 0. The molecule has 0 radical (unpaired) electrons. The van der Waals surface area contributed by atoms with Crippen LogP contribution in [0, 0.1) is 0 Å². The fourth-order valence-electron chi connectivity index (χ4n) is 2.55. The zero-order valence-electron chi connectivity index (χ0n) is 9.40. The lowest BCUT2D eigenvalue weighted by molar-refractivity contribution is 0.636. The van der Waals surface area contributed by atoms with Crippen LogP contribution in [0.3, 0.4) is 0 Å². The summed E-state index contributed by atoms with van der Waals surface area (Å²) in [7, 11) is 0. The lowest BCUT2D eigenvalue weighted by Gasteiger charge is -2.24. The van der Waals surface area contributed by atoms with Gasteiger partial charge in [-0.25, -0.2) is 0 Å². The molecule has 0 bridgehead atoms. The van der Waals surface area contributed by atoms with Gasteiger partial charge in [0.05, 0.1) is 0 Å². The monoisotopic (exact) mass is 209 g/mol. The van der Waals surface area contributed by atoms with E-state index in [9.17, 15) is 0 Å². The van der Waals surface area contributed by atoms with Gasteiger partial charge in [-0.1, -0.05) is 48.5 Å². The third kappa shape index (κ3) is 1.25. The zero-order chi connectivity index (χ0) is 11.0. The van der Waals surface area contributed by atoms with Crippen LogP contribution in [-0.4, -0.2) is 6.54 Å². The maximum Gasteiger partial charge on any atom is 0.0382 e. The van der Waals surface area contributed by atoms with E-state index in [1.807, 2.05) is 0 Å². The van der Waals surface area contributed by atoms with Crippen molar-refractivity contribution in [2.75, 3.05) is 11.9 Å². The van der Waals surface area contributed by atoms with Gasteiger partial charge in [0.15, 0.2) is 0 Å². The molecular formula is C15H15N. The van der Waals surface area contributed by atoms with E-state index < -0.39 is 0 Å². The van der Waals surface area contributed by atoms with Gasteiger partial charge in [0, 0.05) is 17.6 Å². The first kappa shape index (κ1) is 9.46. The molecule has 1 aliphatic heterocycles. The number of hydrogen-bond acceptors (Lipinski definition) is 1. The zero-order valence-corrected chi connectivity index (χ0v) is 9.40. The average Bonchev–Trinajstić information content (AvgIpc) is 2.71. The third-order valence-corrected chi connectivity index (χ3v) is 3.56. The van der Waals surface area contributed by atoms with E-state index in [-0.39, 0.29) is 5.41 Å². The van der Waals surface area contributed by atoms with E-state index in [4.69, 9.17) is 0 Å². The predicted molar refractivity (Wildman–Crippen MR) is 67.8 cm³/mol. The van der Waals surface area contributed by atoms with E-state index in [0.717, 1.165) is 6.54 Å². The highest BCUT2D eigenvalue weighted by Gasteiger charge is 2.35. The van der Waals surface area contributed by atoms with Crippen LogP contribution in [0.5, 0.6) is 0 Å². The maximum absolute atomic E-state index is 3.49. The fraction of sp³-hybridized carbons (Fsp3) is 0.200. The number of para-hydroxylation sites is 1. The Morgan fingerprint density at radius 2 is 1.62 bits per heavy atom. The Kier molecular flexibility index (Phi) is 2.00. The Balaban J connectivity index is 2.15. The number of rotatable bonds is 1. The maximum atomic E-state index is 3.49. The normalized spacial score (nSPS) is 22.6. The second-order valence-electron chi connectivity index (χ2n) is 4.60. The highest BCUT2D eigenvalue weighted by atomic mass is 14.9.